The summed E-state index contributed by atoms with van der Waals surface area (Å²) in [5, 5.41) is 0. The summed E-state index contributed by atoms with van der Waals surface area (Å²) in [5.74, 6) is 2.87. The van der Waals surface area contributed by atoms with Gasteiger partial charge in [0.2, 0.25) is 10.0 Å². The highest BCUT2D eigenvalue weighted by atomic mass is 32.2. The van der Waals surface area contributed by atoms with Crippen LogP contribution in [0.3, 0.4) is 0 Å². The molecular weight excluding hydrogens is 356 g/mol. The van der Waals surface area contributed by atoms with Crippen molar-refractivity contribution in [2.45, 2.75) is 10.8 Å². The van der Waals surface area contributed by atoms with E-state index in [2.05, 4.69) is 11.1 Å². The summed E-state index contributed by atoms with van der Waals surface area (Å²) in [5.41, 5.74) is 1.02. The molecular formula is C14H18N2O2S4. The zero-order chi connectivity index (χ0) is 15.4. The second-order valence-electron chi connectivity index (χ2n) is 4.98. The van der Waals surface area contributed by atoms with E-state index in [0.29, 0.717) is 19.5 Å². The SMILES string of the molecule is O=S(=O)(CCCSc1nc2ccccc2s1)N1CCSCC1. The Balaban J connectivity index is 1.48. The van der Waals surface area contributed by atoms with Gasteiger partial charge in [0.25, 0.3) is 0 Å². The summed E-state index contributed by atoms with van der Waals surface area (Å²) >= 11 is 5.15. The van der Waals surface area contributed by atoms with Crippen molar-refractivity contribution in [2.24, 2.45) is 0 Å². The molecule has 0 spiro atoms. The Hall–Kier alpha value is -0.280. The molecule has 0 saturated carbocycles. The molecule has 0 atom stereocenters. The highest BCUT2D eigenvalue weighted by molar-refractivity contribution is 8.01. The Morgan fingerprint density at radius 3 is 2.77 bits per heavy atom. The van der Waals surface area contributed by atoms with Gasteiger partial charge in [-0.15, -0.1) is 11.3 Å². The van der Waals surface area contributed by atoms with Crippen LogP contribution in [0.1, 0.15) is 6.42 Å². The van der Waals surface area contributed by atoms with Gasteiger partial charge in [0.1, 0.15) is 0 Å². The minimum atomic E-state index is -3.07. The number of nitrogens with zero attached hydrogens (tertiary/aromatic N) is 2. The van der Waals surface area contributed by atoms with Gasteiger partial charge in [-0.3, -0.25) is 0 Å². The monoisotopic (exact) mass is 374 g/mol. The van der Waals surface area contributed by atoms with Crippen LogP contribution in [0, 0.1) is 0 Å². The molecule has 2 heterocycles. The van der Waals surface area contributed by atoms with Crippen LogP contribution in [-0.2, 0) is 10.0 Å². The zero-order valence-electron chi connectivity index (χ0n) is 12.1. The molecule has 22 heavy (non-hydrogen) atoms. The van der Waals surface area contributed by atoms with E-state index in [1.54, 1.807) is 27.4 Å². The molecule has 1 aliphatic heterocycles. The molecule has 0 amide bonds. The third-order valence-electron chi connectivity index (χ3n) is 3.41. The van der Waals surface area contributed by atoms with Crippen LogP contribution in [-0.4, -0.2) is 53.8 Å². The average Bonchev–Trinajstić information content (AvgIpc) is 2.95. The summed E-state index contributed by atoms with van der Waals surface area (Å²) in [4.78, 5) is 4.56. The molecule has 0 radical (unpaired) electrons. The normalized spacial score (nSPS) is 17.1. The van der Waals surface area contributed by atoms with Crippen LogP contribution in [0.25, 0.3) is 10.2 Å². The maximum absolute atomic E-state index is 12.2. The van der Waals surface area contributed by atoms with Gasteiger partial charge < -0.3 is 0 Å². The first-order valence-electron chi connectivity index (χ1n) is 7.19. The summed E-state index contributed by atoms with van der Waals surface area (Å²) in [6, 6.07) is 8.07. The molecule has 0 aliphatic carbocycles. The first kappa shape index (κ1) is 16.6. The van der Waals surface area contributed by atoms with Crippen LogP contribution in [0.4, 0.5) is 0 Å². The van der Waals surface area contributed by atoms with Gasteiger partial charge in [-0.2, -0.15) is 11.8 Å². The van der Waals surface area contributed by atoms with Gasteiger partial charge in [0.05, 0.1) is 16.0 Å². The number of hydrogen-bond donors (Lipinski definition) is 0. The molecule has 3 rings (SSSR count). The lowest BCUT2D eigenvalue weighted by Crippen LogP contribution is -2.39. The Labute approximate surface area is 143 Å². The number of thiazole rings is 1. The van der Waals surface area contributed by atoms with Gasteiger partial charge in [0.15, 0.2) is 4.34 Å². The average molecular weight is 375 g/mol. The van der Waals surface area contributed by atoms with E-state index in [9.17, 15) is 8.42 Å². The standard InChI is InChI=1S/C14H18N2O2S4/c17-22(18,16-6-9-19-10-7-16)11-3-8-20-14-15-12-4-1-2-5-13(12)21-14/h1-2,4-5H,3,6-11H2. The predicted molar refractivity (Wildman–Crippen MR) is 97.6 cm³/mol. The largest absolute Gasteiger partial charge is 0.230 e. The minimum Gasteiger partial charge on any atom is -0.230 e. The van der Waals surface area contributed by atoms with Crippen LogP contribution in [0.15, 0.2) is 28.6 Å². The van der Waals surface area contributed by atoms with Crippen molar-refractivity contribution in [2.75, 3.05) is 36.1 Å². The molecule has 4 nitrogen and oxygen atoms in total. The first-order chi connectivity index (χ1) is 10.6. The van der Waals surface area contributed by atoms with Gasteiger partial charge >= 0.3 is 0 Å². The van der Waals surface area contributed by atoms with Crippen molar-refractivity contribution >= 4 is 55.1 Å². The highest BCUT2D eigenvalue weighted by Crippen LogP contribution is 2.29. The van der Waals surface area contributed by atoms with Crippen molar-refractivity contribution in [1.82, 2.24) is 9.29 Å². The van der Waals surface area contributed by atoms with E-state index < -0.39 is 10.0 Å². The quantitative estimate of drug-likeness (QED) is 0.574. The molecule has 1 fully saturated rings. The van der Waals surface area contributed by atoms with E-state index in [1.165, 1.54) is 4.70 Å². The lowest BCUT2D eigenvalue weighted by Gasteiger charge is -2.25. The fourth-order valence-corrected chi connectivity index (χ4v) is 7.17. The molecule has 1 aromatic carbocycles. The topological polar surface area (TPSA) is 50.3 Å². The van der Waals surface area contributed by atoms with Crippen molar-refractivity contribution in [3.63, 3.8) is 0 Å². The molecule has 0 N–H and O–H groups in total. The lowest BCUT2D eigenvalue weighted by atomic mass is 10.3. The van der Waals surface area contributed by atoms with Crippen molar-refractivity contribution in [3.05, 3.63) is 24.3 Å². The number of thioether (sulfide) groups is 2. The van der Waals surface area contributed by atoms with E-state index in [0.717, 1.165) is 27.1 Å². The number of aromatic nitrogens is 1. The first-order valence-corrected chi connectivity index (χ1v) is 11.8. The fraction of sp³-hybridized carbons (Fsp3) is 0.500. The Morgan fingerprint density at radius 1 is 1.23 bits per heavy atom. The molecule has 1 saturated heterocycles. The summed E-state index contributed by atoms with van der Waals surface area (Å²) in [7, 11) is -3.07. The summed E-state index contributed by atoms with van der Waals surface area (Å²) < 4.78 is 28.3. The number of sulfonamides is 1. The minimum absolute atomic E-state index is 0.246. The van der Waals surface area contributed by atoms with Gasteiger partial charge in [-0.05, 0) is 18.6 Å². The smallest absolute Gasteiger partial charge is 0.214 e. The number of hydrogen-bond acceptors (Lipinski definition) is 6. The third kappa shape index (κ3) is 4.17. The number of fused-ring (bicyclic) bond motifs is 1. The zero-order valence-corrected chi connectivity index (χ0v) is 15.4. The second-order valence-corrected chi connectivity index (χ2v) is 10.7. The lowest BCUT2D eigenvalue weighted by molar-refractivity contribution is 0.443. The molecule has 1 aliphatic rings. The Kier molecular flexibility index (Phi) is 5.67. The molecule has 1 aromatic heterocycles. The van der Waals surface area contributed by atoms with Crippen LogP contribution in [0.5, 0.6) is 0 Å². The number of benzene rings is 1. The number of rotatable bonds is 6. The van der Waals surface area contributed by atoms with Crippen molar-refractivity contribution < 1.29 is 8.42 Å². The molecule has 0 bridgehead atoms. The number of para-hydroxylation sites is 1. The van der Waals surface area contributed by atoms with Gasteiger partial charge in [-0.1, -0.05) is 23.9 Å². The highest BCUT2D eigenvalue weighted by Gasteiger charge is 2.23. The van der Waals surface area contributed by atoms with Gasteiger partial charge in [0, 0.05) is 30.3 Å². The van der Waals surface area contributed by atoms with Crippen molar-refractivity contribution in [1.29, 1.82) is 0 Å². The molecule has 120 valence electrons. The van der Waals surface area contributed by atoms with E-state index >= 15 is 0 Å². The Morgan fingerprint density at radius 2 is 2.00 bits per heavy atom. The van der Waals surface area contributed by atoms with Crippen LogP contribution >= 0.6 is 34.9 Å². The maximum atomic E-state index is 12.2. The predicted octanol–water partition coefficient (Wildman–Crippen LogP) is 3.16. The van der Waals surface area contributed by atoms with Crippen molar-refractivity contribution in [3.8, 4) is 0 Å². The molecule has 8 heteroatoms. The van der Waals surface area contributed by atoms with E-state index in [-0.39, 0.29) is 5.75 Å². The van der Waals surface area contributed by atoms with Crippen LogP contribution < -0.4 is 0 Å². The molecule has 0 unspecified atom stereocenters. The van der Waals surface area contributed by atoms with Crippen LogP contribution in [0.2, 0.25) is 0 Å². The second kappa shape index (κ2) is 7.53. The molecule has 2 aromatic rings. The van der Waals surface area contributed by atoms with E-state index in [1.807, 2.05) is 30.0 Å². The van der Waals surface area contributed by atoms with E-state index in [4.69, 9.17) is 0 Å². The summed E-state index contributed by atoms with van der Waals surface area (Å²) in [6.07, 6.45) is 0.673. The van der Waals surface area contributed by atoms with Gasteiger partial charge in [-0.25, -0.2) is 17.7 Å². The third-order valence-corrected chi connectivity index (χ3v) is 8.57. The Bertz CT molecular complexity index is 690. The summed E-state index contributed by atoms with van der Waals surface area (Å²) in [6.45, 7) is 1.33. The maximum Gasteiger partial charge on any atom is 0.214 e. The fourth-order valence-electron chi connectivity index (χ4n) is 2.27.